The molecule has 0 saturated carbocycles. The first-order chi connectivity index (χ1) is 17.3. The van der Waals surface area contributed by atoms with Gasteiger partial charge >= 0.3 is 5.16 Å². The van der Waals surface area contributed by atoms with Gasteiger partial charge in [0.05, 0.1) is 34.3 Å². The van der Waals surface area contributed by atoms with Crippen LogP contribution in [0.1, 0.15) is 35.5 Å². The molecule has 1 aromatic carbocycles. The third-order valence-electron chi connectivity index (χ3n) is 2.95. The second kappa shape index (κ2) is 8.33. The molecule has 3 rings (SSSR count). The van der Waals surface area contributed by atoms with Crippen LogP contribution in [0.25, 0.3) is 11.0 Å². The van der Waals surface area contributed by atoms with Gasteiger partial charge in [0.15, 0.2) is 5.75 Å². The van der Waals surface area contributed by atoms with Crippen molar-refractivity contribution in [2.75, 3.05) is 20.2 Å². The number of H-pyrrole nitrogens is 1. The van der Waals surface area contributed by atoms with Crippen LogP contribution in [0.2, 0.25) is 0 Å². The van der Waals surface area contributed by atoms with Crippen LogP contribution in [0.15, 0.2) is 41.6 Å². The molecule has 0 radical (unpaired) electrons. The van der Waals surface area contributed by atoms with Crippen molar-refractivity contribution in [2.45, 2.75) is 24.1 Å². The van der Waals surface area contributed by atoms with E-state index in [-0.39, 0.29) is 21.9 Å². The third-order valence-corrected chi connectivity index (χ3v) is 4.11. The second-order valence-corrected chi connectivity index (χ2v) is 5.89. The molecule has 3 aromatic rings. The Bertz CT molecular complexity index is 1320. The predicted octanol–water partition coefficient (Wildman–Crippen LogP) is 2.99. The summed E-state index contributed by atoms with van der Waals surface area (Å²) < 4.78 is 125. The first-order valence-electron chi connectivity index (χ1n) is 13.3. The number of ether oxygens (including phenoxy) is 2. The highest BCUT2D eigenvalue weighted by atomic mass is 32.2. The number of nitrogens with zero attached hydrogens (tertiary/aromatic N) is 2. The summed E-state index contributed by atoms with van der Waals surface area (Å²) in [5.74, 6) is -1.32. The quantitative estimate of drug-likeness (QED) is 0.615. The van der Waals surface area contributed by atoms with E-state index in [4.69, 9.17) is 22.6 Å². The van der Waals surface area contributed by atoms with Gasteiger partial charge < -0.3 is 14.0 Å². The van der Waals surface area contributed by atoms with Gasteiger partial charge in [-0.15, -0.1) is 0 Å². The van der Waals surface area contributed by atoms with Crippen molar-refractivity contribution in [3.05, 3.63) is 47.7 Å². The van der Waals surface area contributed by atoms with Gasteiger partial charge in [0, 0.05) is 49.8 Å². The van der Waals surface area contributed by atoms with E-state index in [2.05, 4.69) is 19.7 Å². The fourth-order valence-electron chi connectivity index (χ4n) is 1.85. The zero-order valence-electron chi connectivity index (χ0n) is 25.9. The maximum Gasteiger partial charge on any atom is 0.322 e. The number of fused-ring (bicyclic) bond motifs is 1. The minimum atomic E-state index is -3.44. The molecule has 1 atom stereocenters. The Balaban J connectivity index is 2.05. The van der Waals surface area contributed by atoms with Crippen LogP contribution >= 0.6 is 0 Å². The Kier molecular flexibility index (Phi) is 2.55. The number of methoxy groups -OCH3 is 1. The van der Waals surface area contributed by atoms with Crippen LogP contribution in [0, 0.1) is 6.85 Å². The van der Waals surface area contributed by atoms with E-state index < -0.39 is 78.8 Å². The van der Waals surface area contributed by atoms with Crippen molar-refractivity contribution in [3.63, 3.8) is 0 Å². The molecule has 2 heterocycles. The van der Waals surface area contributed by atoms with E-state index in [1.807, 2.05) is 0 Å². The number of rotatable bonds is 8. The van der Waals surface area contributed by atoms with Crippen molar-refractivity contribution in [3.8, 4) is 5.75 Å². The zero-order chi connectivity index (χ0) is 29.0. The van der Waals surface area contributed by atoms with Crippen LogP contribution < -0.4 is 4.74 Å². The summed E-state index contributed by atoms with van der Waals surface area (Å²) in [7, 11) is 0.822. The summed E-state index contributed by atoms with van der Waals surface area (Å²) in [6, 6.07) is -1.05. The molecular weight excluding hydrogens is 338 g/mol. The van der Waals surface area contributed by atoms with E-state index in [0.717, 1.165) is 19.4 Å². The summed E-state index contributed by atoms with van der Waals surface area (Å²) in [5, 5.41) is -0.295. The fourth-order valence-corrected chi connectivity index (χ4v) is 2.86. The summed E-state index contributed by atoms with van der Waals surface area (Å²) in [6.07, 6.45) is -2.41. The van der Waals surface area contributed by atoms with Crippen molar-refractivity contribution in [1.82, 2.24) is 15.0 Å². The van der Waals surface area contributed by atoms with E-state index >= 15 is 0 Å². The topological polar surface area (TPSA) is 83.1 Å². The molecule has 7 heteroatoms. The summed E-state index contributed by atoms with van der Waals surface area (Å²) in [4.78, 5) is 10.5. The number of hydrogen-bond donors (Lipinski definition) is 1. The highest BCUT2D eigenvalue weighted by Gasteiger charge is 2.20. The Labute approximate surface area is 168 Å². The minimum absolute atomic E-state index is 0.108. The number of imidazole rings is 1. The first-order valence-corrected chi connectivity index (χ1v) is 8.15. The molecule has 132 valence electrons. The summed E-state index contributed by atoms with van der Waals surface area (Å²) in [6.45, 7) is -9.64. The van der Waals surface area contributed by atoms with Gasteiger partial charge in [-0.05, 0) is 25.0 Å². The lowest BCUT2D eigenvalue weighted by Gasteiger charge is -2.12. The van der Waals surface area contributed by atoms with Crippen molar-refractivity contribution < 1.29 is 31.8 Å². The van der Waals surface area contributed by atoms with Gasteiger partial charge in [0.1, 0.15) is 5.75 Å². The monoisotopic (exact) mass is 372 g/mol. The lowest BCUT2D eigenvalue weighted by atomic mass is 10.2. The molecule has 0 aliphatic carbocycles. The predicted molar refractivity (Wildman–Crippen MR) is 97.2 cm³/mol. The van der Waals surface area contributed by atoms with Crippen LogP contribution in [0.4, 0.5) is 0 Å². The highest BCUT2D eigenvalue weighted by molar-refractivity contribution is 7.90. The van der Waals surface area contributed by atoms with Crippen LogP contribution in [0.3, 0.4) is 0 Å². The van der Waals surface area contributed by atoms with Gasteiger partial charge in [-0.1, -0.05) is 12.1 Å². The summed E-state index contributed by atoms with van der Waals surface area (Å²) in [5.41, 5.74) is -1.34. The summed E-state index contributed by atoms with van der Waals surface area (Å²) >= 11 is -2.18. The lowest BCUT2D eigenvalue weighted by molar-refractivity contribution is 0.172. The van der Waals surface area contributed by atoms with Crippen LogP contribution in [-0.2, 0) is 21.7 Å². The molecule has 0 spiro atoms. The maximum absolute atomic E-state index is 13.1. The van der Waals surface area contributed by atoms with E-state index in [0.29, 0.717) is 0 Å². The van der Waals surface area contributed by atoms with Crippen molar-refractivity contribution in [2.24, 2.45) is 0 Å². The molecule has 0 saturated heterocycles. The Morgan fingerprint density at radius 3 is 3.12 bits per heavy atom. The van der Waals surface area contributed by atoms with Gasteiger partial charge in [-0.3, -0.25) is 9.97 Å². The molecule has 1 N–H and O–H groups in total. The average Bonchev–Trinajstić information content (AvgIpc) is 3.26. The largest absolute Gasteiger partial charge is 0.609 e. The fraction of sp³-hybridized carbons (Fsp3) is 0.333. The molecule has 6 nitrogen and oxygen atoms in total. The number of benzene rings is 1. The van der Waals surface area contributed by atoms with Crippen LogP contribution in [0.5, 0.6) is 5.75 Å². The van der Waals surface area contributed by atoms with Gasteiger partial charge in [-0.25, -0.2) is 0 Å². The lowest BCUT2D eigenvalue weighted by Crippen LogP contribution is -2.10. The number of hydrogen-bond acceptors (Lipinski definition) is 5. The number of aromatic amines is 1. The first kappa shape index (κ1) is 7.65. The zero-order valence-corrected chi connectivity index (χ0v) is 13.7. The van der Waals surface area contributed by atoms with Gasteiger partial charge in [0.25, 0.3) is 0 Å². The van der Waals surface area contributed by atoms with E-state index in [1.165, 1.54) is 0 Å². The molecule has 0 bridgehead atoms. The third kappa shape index (κ3) is 4.31. The van der Waals surface area contributed by atoms with Crippen molar-refractivity contribution in [1.29, 1.82) is 0 Å². The molecule has 25 heavy (non-hydrogen) atoms. The average molecular weight is 373 g/mol. The molecule has 0 amide bonds. The SMILES string of the molecule is [2H]c1c([2H])c([2H])c2[nH]c([S+]([O-])Cc3nccc(OC([2H])([2H])C([2H])([2H])C([2H])([2H])OC)c3C([2H])([2H])[2H])nc2c1[2H]. The number of pyridine rings is 1. The molecule has 0 aliphatic heterocycles. The van der Waals surface area contributed by atoms with E-state index in [9.17, 15) is 4.55 Å². The normalized spacial score (nSPS) is 22.2. The molecular formula is C18H21N3O3S. The van der Waals surface area contributed by atoms with Gasteiger partial charge in [-0.2, -0.15) is 4.98 Å². The Morgan fingerprint density at radius 1 is 1.40 bits per heavy atom. The van der Waals surface area contributed by atoms with Crippen LogP contribution in [-0.4, -0.2) is 39.7 Å². The van der Waals surface area contributed by atoms with Crippen molar-refractivity contribution >= 4 is 22.2 Å². The number of aromatic nitrogens is 3. The molecule has 0 aliphatic rings. The molecule has 2 aromatic heterocycles. The Hall–Kier alpha value is -2.09. The minimum Gasteiger partial charge on any atom is -0.609 e. The number of nitrogens with one attached hydrogen (secondary N) is 1. The molecule has 1 unspecified atom stereocenters. The van der Waals surface area contributed by atoms with E-state index in [1.54, 1.807) is 0 Å². The Morgan fingerprint density at radius 2 is 2.28 bits per heavy atom. The highest BCUT2D eigenvalue weighted by Crippen LogP contribution is 2.24. The standard InChI is InChI=1S/C18H21N3O3S/c1-13-16(19-9-8-17(13)24-11-5-10-23-2)12-25(22)18-20-14-6-3-4-7-15(14)21-18/h3-4,6-9H,5,10-12H2,1-2H3,(H,20,21)/i1D3,3D,4D,5D2,6D,7D,10D2,11D2. The van der Waals surface area contributed by atoms with Gasteiger partial charge in [0.2, 0.25) is 0 Å². The number of para-hydroxylation sites is 2. The maximum atomic E-state index is 13.1. The smallest absolute Gasteiger partial charge is 0.322 e. The second-order valence-electron chi connectivity index (χ2n) is 4.52. The molecule has 0 fully saturated rings.